The number of hydrogen-bond donors (Lipinski definition) is 2. The van der Waals surface area contributed by atoms with Gasteiger partial charge in [0.2, 0.25) is 0 Å². The van der Waals surface area contributed by atoms with Crippen LogP contribution in [0.4, 0.5) is 4.39 Å². The molecular weight excluding hydrogens is 445 g/mol. The largest absolute Gasteiger partial charge is 0.478 e. The first-order valence-corrected chi connectivity index (χ1v) is 10.2. The van der Waals surface area contributed by atoms with E-state index in [4.69, 9.17) is 22.4 Å². The number of carboxylic acid groups (broad SMARTS) is 1. The number of aromatic nitrogens is 2. The Hall–Kier alpha value is -3.99. The van der Waals surface area contributed by atoms with Crippen molar-refractivity contribution in [3.8, 4) is 23.1 Å². The fourth-order valence-electron chi connectivity index (χ4n) is 3.55. The van der Waals surface area contributed by atoms with Crippen molar-refractivity contribution in [1.29, 1.82) is 0 Å². The third kappa shape index (κ3) is 4.10. The molecular formula is C25H17ClFN3O3. The number of benzene rings is 3. The summed E-state index contributed by atoms with van der Waals surface area (Å²) in [5.41, 5.74) is 7.46. The van der Waals surface area contributed by atoms with Gasteiger partial charge in [-0.3, -0.25) is 4.79 Å². The number of carboxylic acids is 1. The zero-order chi connectivity index (χ0) is 23.7. The molecule has 1 aromatic heterocycles. The third-order valence-electron chi connectivity index (χ3n) is 5.12. The predicted octanol–water partition coefficient (Wildman–Crippen LogP) is 4.50. The van der Waals surface area contributed by atoms with E-state index >= 15 is 0 Å². The number of nitrogens with zero attached hydrogens (tertiary/aromatic N) is 2. The van der Waals surface area contributed by atoms with E-state index in [0.717, 1.165) is 10.7 Å². The van der Waals surface area contributed by atoms with Crippen LogP contribution in [-0.4, -0.2) is 33.3 Å². The molecule has 0 aliphatic carbocycles. The lowest BCUT2D eigenvalue weighted by Crippen LogP contribution is -2.15. The summed E-state index contributed by atoms with van der Waals surface area (Å²) in [5, 5.41) is 14.3. The van der Waals surface area contributed by atoms with Crippen LogP contribution in [0.15, 0.2) is 54.6 Å². The summed E-state index contributed by atoms with van der Waals surface area (Å²) in [7, 11) is 0. The van der Waals surface area contributed by atoms with Gasteiger partial charge >= 0.3 is 5.97 Å². The number of aryl methyl sites for hydroxylation is 1. The van der Waals surface area contributed by atoms with Crippen molar-refractivity contribution in [2.24, 2.45) is 5.73 Å². The molecule has 0 bridgehead atoms. The Morgan fingerprint density at radius 1 is 1.18 bits per heavy atom. The monoisotopic (exact) mass is 461 g/mol. The topological polar surface area (TPSA) is 98.2 Å². The van der Waals surface area contributed by atoms with Gasteiger partial charge in [0.05, 0.1) is 28.2 Å². The van der Waals surface area contributed by atoms with Gasteiger partial charge in [-0.2, -0.15) is 9.78 Å². The van der Waals surface area contributed by atoms with Crippen LogP contribution in [0.2, 0.25) is 5.02 Å². The summed E-state index contributed by atoms with van der Waals surface area (Å²) in [6, 6.07) is 13.7. The number of carbonyl (C=O) groups excluding carboxylic acids is 1. The second-order valence-electron chi connectivity index (χ2n) is 7.23. The van der Waals surface area contributed by atoms with Crippen molar-refractivity contribution in [1.82, 2.24) is 9.78 Å². The maximum atomic E-state index is 14.9. The van der Waals surface area contributed by atoms with Crippen LogP contribution in [0.1, 0.15) is 31.8 Å². The molecule has 3 N–H and O–H groups in total. The van der Waals surface area contributed by atoms with Gasteiger partial charge < -0.3 is 10.8 Å². The summed E-state index contributed by atoms with van der Waals surface area (Å²) >= 11 is 6.31. The predicted molar refractivity (Wildman–Crippen MR) is 124 cm³/mol. The van der Waals surface area contributed by atoms with Crippen molar-refractivity contribution in [2.45, 2.75) is 6.92 Å². The highest BCUT2D eigenvalue weighted by atomic mass is 35.5. The van der Waals surface area contributed by atoms with Gasteiger partial charge in [-0.05, 0) is 55.0 Å². The molecule has 4 rings (SSSR count). The van der Waals surface area contributed by atoms with Crippen LogP contribution in [0.3, 0.4) is 0 Å². The molecule has 0 amide bonds. The van der Waals surface area contributed by atoms with Crippen LogP contribution < -0.4 is 5.73 Å². The Morgan fingerprint density at radius 2 is 1.97 bits per heavy atom. The van der Waals surface area contributed by atoms with E-state index in [2.05, 4.69) is 16.9 Å². The first-order chi connectivity index (χ1) is 15.8. The first kappa shape index (κ1) is 22.2. The van der Waals surface area contributed by atoms with E-state index in [0.29, 0.717) is 22.0 Å². The molecule has 0 saturated carbocycles. The van der Waals surface area contributed by atoms with Gasteiger partial charge in [-0.25, -0.2) is 9.18 Å². The molecule has 4 aromatic rings. The second kappa shape index (κ2) is 8.87. The lowest BCUT2D eigenvalue weighted by atomic mass is 10.0. The Kier molecular flexibility index (Phi) is 5.97. The maximum absolute atomic E-state index is 14.9. The molecule has 3 aromatic carbocycles. The van der Waals surface area contributed by atoms with Gasteiger partial charge in [0.15, 0.2) is 0 Å². The highest BCUT2D eigenvalue weighted by Crippen LogP contribution is 2.32. The number of halogens is 2. The molecule has 0 atom stereocenters. The molecule has 164 valence electrons. The van der Waals surface area contributed by atoms with Gasteiger partial charge in [-0.15, -0.1) is 0 Å². The van der Waals surface area contributed by atoms with Crippen molar-refractivity contribution >= 4 is 34.4 Å². The van der Waals surface area contributed by atoms with Crippen molar-refractivity contribution in [3.05, 3.63) is 87.7 Å². The number of nitrogens with two attached hydrogens (primary N) is 1. The average Bonchev–Trinajstić information content (AvgIpc) is 3.16. The van der Waals surface area contributed by atoms with Crippen LogP contribution in [0.5, 0.6) is 0 Å². The Balaban J connectivity index is 1.98. The molecule has 33 heavy (non-hydrogen) atoms. The Labute approximate surface area is 193 Å². The number of carbonyl (C=O) groups is 2. The minimum absolute atomic E-state index is 0.0632. The summed E-state index contributed by atoms with van der Waals surface area (Å²) in [4.78, 5) is 24.7. The maximum Gasteiger partial charge on any atom is 0.335 e. The fraction of sp³-hybridized carbons (Fsp3) is 0.0800. The summed E-state index contributed by atoms with van der Waals surface area (Å²) in [6.07, 6.45) is 0. The minimum Gasteiger partial charge on any atom is -0.478 e. The summed E-state index contributed by atoms with van der Waals surface area (Å²) in [5.74, 6) is 3.17. The molecule has 0 radical (unpaired) electrons. The number of rotatable bonds is 3. The van der Waals surface area contributed by atoms with E-state index in [-0.39, 0.29) is 34.0 Å². The smallest absolute Gasteiger partial charge is 0.335 e. The van der Waals surface area contributed by atoms with Crippen molar-refractivity contribution < 1.29 is 19.1 Å². The molecule has 0 aliphatic rings. The van der Waals surface area contributed by atoms with Crippen molar-refractivity contribution in [2.75, 3.05) is 6.54 Å². The second-order valence-corrected chi connectivity index (χ2v) is 7.64. The molecule has 0 aliphatic heterocycles. The first-order valence-electron chi connectivity index (χ1n) is 9.86. The molecule has 0 saturated heterocycles. The fourth-order valence-corrected chi connectivity index (χ4v) is 3.85. The zero-order valence-corrected chi connectivity index (χ0v) is 18.2. The normalized spacial score (nSPS) is 10.7. The third-order valence-corrected chi connectivity index (χ3v) is 5.43. The Morgan fingerprint density at radius 3 is 2.64 bits per heavy atom. The molecule has 0 unspecified atom stereocenters. The molecule has 6 nitrogen and oxygen atoms in total. The highest BCUT2D eigenvalue weighted by Gasteiger charge is 2.23. The SMILES string of the molecule is Cc1cccc(Cl)c1C(=O)n1nc(-c2ccc(C(=O)O)cc2F)c2ccc(C#CCN)cc21. The molecule has 0 spiro atoms. The van der Waals surface area contributed by atoms with E-state index in [1.54, 1.807) is 43.3 Å². The van der Waals surface area contributed by atoms with Crippen LogP contribution >= 0.6 is 11.6 Å². The van der Waals surface area contributed by atoms with Gasteiger partial charge in [0, 0.05) is 16.5 Å². The molecule has 0 fully saturated rings. The van der Waals surface area contributed by atoms with E-state index in [1.165, 1.54) is 12.1 Å². The standard InChI is InChI=1S/C25H17ClFN3O3/c1-14-4-2-6-19(26)22(14)24(31)30-21-12-15(5-3-11-28)7-9-18(21)23(29-30)17-10-8-16(25(32)33)13-20(17)27/h2,4,6-10,12-13H,11,28H2,1H3,(H,32,33). The molecule has 8 heteroatoms. The van der Waals surface area contributed by atoms with Gasteiger partial charge in [0.1, 0.15) is 11.5 Å². The summed E-state index contributed by atoms with van der Waals surface area (Å²) in [6.45, 7) is 1.93. The highest BCUT2D eigenvalue weighted by molar-refractivity contribution is 6.34. The Bertz CT molecular complexity index is 1480. The zero-order valence-electron chi connectivity index (χ0n) is 17.4. The van der Waals surface area contributed by atoms with E-state index in [9.17, 15) is 14.0 Å². The van der Waals surface area contributed by atoms with Crippen LogP contribution in [-0.2, 0) is 0 Å². The van der Waals surface area contributed by atoms with Crippen LogP contribution in [0, 0.1) is 24.6 Å². The van der Waals surface area contributed by atoms with Gasteiger partial charge in [0.25, 0.3) is 5.91 Å². The van der Waals surface area contributed by atoms with Crippen LogP contribution in [0.25, 0.3) is 22.2 Å². The average molecular weight is 462 g/mol. The van der Waals surface area contributed by atoms with Gasteiger partial charge in [-0.1, -0.05) is 35.6 Å². The number of fused-ring (bicyclic) bond motifs is 1. The number of hydrogen-bond acceptors (Lipinski definition) is 4. The quantitative estimate of drug-likeness (QED) is 0.438. The lowest BCUT2D eigenvalue weighted by Gasteiger charge is -2.08. The summed E-state index contributed by atoms with van der Waals surface area (Å²) < 4.78 is 16.0. The van der Waals surface area contributed by atoms with E-state index < -0.39 is 17.7 Å². The molecule has 1 heterocycles. The number of aromatic carboxylic acids is 1. The van der Waals surface area contributed by atoms with E-state index in [1.807, 2.05) is 0 Å². The lowest BCUT2D eigenvalue weighted by molar-refractivity contribution is 0.0696. The van der Waals surface area contributed by atoms with Crippen molar-refractivity contribution in [3.63, 3.8) is 0 Å². The minimum atomic E-state index is -1.25.